The zero-order chi connectivity index (χ0) is 50.7. The van der Waals surface area contributed by atoms with E-state index in [1.807, 2.05) is 0 Å². The summed E-state index contributed by atoms with van der Waals surface area (Å²) in [4.78, 5) is 39.5. The molecule has 0 bridgehead atoms. The molecule has 0 heterocycles. The fourth-order valence-corrected chi connectivity index (χ4v) is 10.8. The van der Waals surface area contributed by atoms with Crippen molar-refractivity contribution in [3.8, 4) is 0 Å². The van der Waals surface area contributed by atoms with E-state index < -0.39 is 17.9 Å². The van der Waals surface area contributed by atoms with Gasteiger partial charge >= 0.3 is 17.9 Å². The van der Waals surface area contributed by atoms with Crippen molar-refractivity contribution in [3.63, 3.8) is 0 Å². The fraction of sp³-hybridized carbons (Fsp3) is 0.857. The average molecular weight is 968 g/mol. The van der Waals surface area contributed by atoms with Crippen LogP contribution in [-0.2, 0) is 19.3 Å². The number of unbranched alkanes of at least 4 members (excludes halogenated alkanes) is 36. The zero-order valence-electron chi connectivity index (χ0n) is 46.6. The number of rotatable bonds is 51. The Morgan fingerprint density at radius 2 is 0.406 bits per heavy atom. The number of hydrogen-bond donors (Lipinski definition) is 3. The smallest absolute Gasteiger partial charge is 0.336 e. The second-order valence-corrected chi connectivity index (χ2v) is 23.1. The Kier molecular flexibility index (Phi) is 41.5. The molecule has 0 amide bonds. The van der Waals surface area contributed by atoms with Crippen LogP contribution in [0, 0.1) is 17.8 Å². The van der Waals surface area contributed by atoms with Crippen molar-refractivity contribution >= 4 is 17.9 Å². The van der Waals surface area contributed by atoms with Crippen molar-refractivity contribution in [2.45, 2.75) is 330 Å². The number of carboxylic acids is 3. The minimum Gasteiger partial charge on any atom is -0.478 e. The Labute approximate surface area is 427 Å². The van der Waals surface area contributed by atoms with E-state index in [1.165, 1.54) is 193 Å². The second-order valence-electron chi connectivity index (χ2n) is 23.1. The van der Waals surface area contributed by atoms with Crippen molar-refractivity contribution in [2.24, 2.45) is 17.8 Å². The lowest BCUT2D eigenvalue weighted by molar-refractivity contribution is 0.0646. The summed E-state index contributed by atoms with van der Waals surface area (Å²) in [5.41, 5.74) is 0.958. The largest absolute Gasteiger partial charge is 0.478 e. The van der Waals surface area contributed by atoms with Gasteiger partial charge in [-0.05, 0) is 73.0 Å². The van der Waals surface area contributed by atoms with Crippen molar-refractivity contribution < 1.29 is 29.7 Å². The van der Waals surface area contributed by atoms with Crippen LogP contribution in [0.25, 0.3) is 0 Å². The number of carbonyl (C=O) groups is 3. The van der Waals surface area contributed by atoms with E-state index in [0.717, 1.165) is 88.4 Å². The maximum absolute atomic E-state index is 13.3. The summed E-state index contributed by atoms with van der Waals surface area (Å²) in [7, 11) is 0. The predicted molar refractivity (Wildman–Crippen MR) is 297 cm³/mol. The van der Waals surface area contributed by atoms with Crippen LogP contribution in [0.1, 0.15) is 359 Å². The van der Waals surface area contributed by atoms with Crippen LogP contribution in [0.3, 0.4) is 0 Å². The summed E-state index contributed by atoms with van der Waals surface area (Å²) >= 11 is 0. The Hall–Kier alpha value is -2.37. The summed E-state index contributed by atoms with van der Waals surface area (Å²) in [5.74, 6) is -1.24. The van der Waals surface area contributed by atoms with Crippen LogP contribution in [0.5, 0.6) is 0 Å². The Morgan fingerprint density at radius 3 is 0.609 bits per heavy atom. The lowest BCUT2D eigenvalue weighted by atomic mass is 9.80. The van der Waals surface area contributed by atoms with Crippen molar-refractivity contribution in [1.82, 2.24) is 0 Å². The van der Waals surface area contributed by atoms with Crippen LogP contribution < -0.4 is 0 Å². The fourth-order valence-electron chi connectivity index (χ4n) is 10.8. The van der Waals surface area contributed by atoms with E-state index in [2.05, 4.69) is 41.5 Å². The van der Waals surface area contributed by atoms with Gasteiger partial charge < -0.3 is 15.3 Å². The van der Waals surface area contributed by atoms with Crippen molar-refractivity contribution in [1.29, 1.82) is 0 Å². The van der Waals surface area contributed by atoms with Crippen LogP contribution in [-0.4, -0.2) is 33.2 Å². The Balaban J connectivity index is 2.86. The third kappa shape index (κ3) is 34.6. The zero-order valence-corrected chi connectivity index (χ0v) is 46.6. The molecular weight excluding hydrogens is 853 g/mol. The molecule has 0 aliphatic rings. The molecule has 402 valence electrons. The second kappa shape index (κ2) is 44.3. The highest BCUT2D eigenvalue weighted by molar-refractivity contribution is 6.07. The third-order valence-corrected chi connectivity index (χ3v) is 15.1. The first-order chi connectivity index (χ1) is 33.4. The van der Waals surface area contributed by atoms with Gasteiger partial charge in [-0.2, -0.15) is 0 Å². The average Bonchev–Trinajstić information content (AvgIpc) is 3.29. The van der Waals surface area contributed by atoms with Gasteiger partial charge in [0.25, 0.3) is 0 Å². The van der Waals surface area contributed by atoms with Gasteiger partial charge in [-0.1, -0.05) is 292 Å². The van der Waals surface area contributed by atoms with Gasteiger partial charge in [0.1, 0.15) is 0 Å². The van der Waals surface area contributed by atoms with E-state index in [9.17, 15) is 29.7 Å². The molecule has 3 N–H and O–H groups in total. The minimum atomic E-state index is -1.32. The summed E-state index contributed by atoms with van der Waals surface area (Å²) in [6.45, 7) is 13.8. The molecule has 0 saturated heterocycles. The summed E-state index contributed by atoms with van der Waals surface area (Å²) in [6.07, 6.45) is 52.3. The number of benzene rings is 1. The molecule has 0 aliphatic carbocycles. The minimum absolute atomic E-state index is 0.0859. The van der Waals surface area contributed by atoms with E-state index in [0.29, 0.717) is 30.4 Å². The topological polar surface area (TPSA) is 112 Å². The molecule has 6 heteroatoms. The lowest BCUT2D eigenvalue weighted by Crippen LogP contribution is -2.22. The highest BCUT2D eigenvalue weighted by Crippen LogP contribution is 2.34. The number of aromatic carboxylic acids is 3. The molecule has 6 nitrogen and oxygen atoms in total. The van der Waals surface area contributed by atoms with Gasteiger partial charge in [0, 0.05) is 0 Å². The lowest BCUT2D eigenvalue weighted by Gasteiger charge is -2.22. The monoisotopic (exact) mass is 967 g/mol. The first-order valence-electron chi connectivity index (χ1n) is 30.3. The summed E-state index contributed by atoms with van der Waals surface area (Å²) in [5, 5.41) is 32.2. The first-order valence-corrected chi connectivity index (χ1v) is 30.3. The standard InChI is InChI=1S/C63H114O6/c1-52(2)46-40-34-28-22-16-10-7-13-19-25-31-37-43-49-55-56(50-44-38-32-26-20-14-8-11-17-23-29-35-41-47-53(3)4)59(62(66)67)60(63(68)69)57(58(55)61(64)65)51-45-39-33-27-21-15-9-12-18-24-30-36-42-48-54(5)6/h52-54H,7-51H2,1-6H3,(H,64,65)(H,66,67)(H,68,69). The quantitative estimate of drug-likeness (QED) is 0.0561. The van der Waals surface area contributed by atoms with Gasteiger partial charge in [-0.25, -0.2) is 14.4 Å². The predicted octanol–water partition coefficient (Wildman–Crippen LogP) is 20.8. The highest BCUT2D eigenvalue weighted by Gasteiger charge is 2.32. The van der Waals surface area contributed by atoms with Crippen molar-refractivity contribution in [2.75, 3.05) is 0 Å². The van der Waals surface area contributed by atoms with Gasteiger partial charge in [-0.3, -0.25) is 0 Å². The molecule has 1 aromatic rings. The summed E-state index contributed by atoms with van der Waals surface area (Å²) in [6, 6.07) is 0. The third-order valence-electron chi connectivity index (χ3n) is 15.1. The van der Waals surface area contributed by atoms with Gasteiger partial charge in [-0.15, -0.1) is 0 Å². The molecule has 0 atom stereocenters. The summed E-state index contributed by atoms with van der Waals surface area (Å²) < 4.78 is 0. The molecule has 1 rings (SSSR count). The molecule has 0 spiro atoms. The van der Waals surface area contributed by atoms with Gasteiger partial charge in [0.15, 0.2) is 0 Å². The first kappa shape index (κ1) is 64.6. The van der Waals surface area contributed by atoms with E-state index in [1.54, 1.807) is 0 Å². The van der Waals surface area contributed by atoms with Crippen molar-refractivity contribution in [3.05, 3.63) is 33.4 Å². The molecule has 0 aliphatic heterocycles. The molecule has 0 unspecified atom stereocenters. The number of hydrogen-bond acceptors (Lipinski definition) is 3. The van der Waals surface area contributed by atoms with Crippen LogP contribution in [0.4, 0.5) is 0 Å². The van der Waals surface area contributed by atoms with Crippen LogP contribution in [0.2, 0.25) is 0 Å². The van der Waals surface area contributed by atoms with Gasteiger partial charge in [0.2, 0.25) is 0 Å². The molecular formula is C63H114O6. The molecule has 0 saturated carbocycles. The van der Waals surface area contributed by atoms with Crippen LogP contribution in [0.15, 0.2) is 0 Å². The Bertz CT molecular complexity index is 1410. The molecule has 0 fully saturated rings. The Morgan fingerprint density at radius 1 is 0.246 bits per heavy atom. The highest BCUT2D eigenvalue weighted by atomic mass is 16.4. The van der Waals surface area contributed by atoms with E-state index in [4.69, 9.17) is 0 Å². The van der Waals surface area contributed by atoms with E-state index >= 15 is 0 Å². The maximum Gasteiger partial charge on any atom is 0.336 e. The van der Waals surface area contributed by atoms with Gasteiger partial charge in [0.05, 0.1) is 16.7 Å². The molecule has 0 aromatic heterocycles. The normalized spacial score (nSPS) is 11.8. The molecule has 1 aromatic carbocycles. The number of carboxylic acid groups (broad SMARTS) is 3. The molecule has 0 radical (unpaired) electrons. The molecule has 69 heavy (non-hydrogen) atoms. The maximum atomic E-state index is 13.3. The SMILES string of the molecule is CC(C)CCCCCCCCCCCCCCCc1c(CCCCCCCCCCCCCCCC(C)C)c(C(=O)O)c(C(=O)O)c(CCCCCCCCCCCCCCCC(C)C)c1C(=O)O. The van der Waals surface area contributed by atoms with Crippen LogP contribution >= 0.6 is 0 Å². The van der Waals surface area contributed by atoms with E-state index in [-0.39, 0.29) is 28.7 Å².